The van der Waals surface area contributed by atoms with Crippen molar-refractivity contribution in [2.24, 2.45) is 5.92 Å². The molecule has 2 aromatic carbocycles. The van der Waals surface area contributed by atoms with Crippen LogP contribution in [0.25, 0.3) is 22.9 Å². The molecular formula is C32H46N2O3. The summed E-state index contributed by atoms with van der Waals surface area (Å²) in [5.41, 5.74) is 3.98. The van der Waals surface area contributed by atoms with Crippen LogP contribution in [-0.2, 0) is 0 Å². The molecule has 3 rings (SSSR count). The van der Waals surface area contributed by atoms with Gasteiger partial charge in [-0.2, -0.15) is 0 Å². The Morgan fingerprint density at radius 3 is 2.19 bits per heavy atom. The zero-order valence-corrected chi connectivity index (χ0v) is 23.6. The summed E-state index contributed by atoms with van der Waals surface area (Å²) in [5.74, 6) is 3.46. The summed E-state index contributed by atoms with van der Waals surface area (Å²) in [5, 5.41) is 8.65. The van der Waals surface area contributed by atoms with Gasteiger partial charge in [0.25, 0.3) is 0 Å². The fourth-order valence-corrected chi connectivity index (χ4v) is 4.49. The topological polar surface area (TPSA) is 57.4 Å². The third-order valence-corrected chi connectivity index (χ3v) is 7.06. The van der Waals surface area contributed by atoms with E-state index in [9.17, 15) is 0 Å². The van der Waals surface area contributed by atoms with Gasteiger partial charge in [-0.3, -0.25) is 0 Å². The SMILES string of the molecule is CCCCCCCCOc1cc(C)c(-c2nnc(-c3ccc(OC[C@H](CC)CCCC)cc3)o2)cc1C. The molecule has 0 saturated carbocycles. The van der Waals surface area contributed by atoms with Gasteiger partial charge in [-0.1, -0.05) is 72.1 Å². The summed E-state index contributed by atoms with van der Waals surface area (Å²) in [4.78, 5) is 0. The molecule has 0 aliphatic rings. The Bertz CT molecular complexity index is 1060. The first-order chi connectivity index (χ1) is 18.0. The summed E-state index contributed by atoms with van der Waals surface area (Å²) in [6, 6.07) is 12.1. The average Bonchev–Trinajstić information content (AvgIpc) is 3.40. The smallest absolute Gasteiger partial charge is 0.248 e. The molecule has 202 valence electrons. The van der Waals surface area contributed by atoms with E-state index in [2.05, 4.69) is 56.9 Å². The molecule has 0 aliphatic heterocycles. The third kappa shape index (κ3) is 8.91. The van der Waals surface area contributed by atoms with Crippen LogP contribution in [0, 0.1) is 19.8 Å². The van der Waals surface area contributed by atoms with E-state index in [0.29, 0.717) is 17.7 Å². The quantitative estimate of drug-likeness (QED) is 0.171. The molecule has 0 unspecified atom stereocenters. The molecule has 5 heteroatoms. The molecular weight excluding hydrogens is 460 g/mol. The van der Waals surface area contributed by atoms with Gasteiger partial charge in [-0.15, -0.1) is 10.2 Å². The maximum absolute atomic E-state index is 6.08. The molecule has 0 N–H and O–H groups in total. The van der Waals surface area contributed by atoms with E-state index in [1.807, 2.05) is 24.3 Å². The molecule has 0 bridgehead atoms. The lowest BCUT2D eigenvalue weighted by atomic mass is 10.0. The predicted molar refractivity (Wildman–Crippen MR) is 152 cm³/mol. The van der Waals surface area contributed by atoms with Crippen LogP contribution in [0.2, 0.25) is 0 Å². The van der Waals surface area contributed by atoms with Gasteiger partial charge in [0.05, 0.1) is 13.2 Å². The molecule has 1 atom stereocenters. The zero-order valence-electron chi connectivity index (χ0n) is 23.6. The Morgan fingerprint density at radius 1 is 0.757 bits per heavy atom. The molecule has 0 spiro atoms. The van der Waals surface area contributed by atoms with Gasteiger partial charge in [-0.05, 0) is 80.1 Å². The number of nitrogens with zero attached hydrogens (tertiary/aromatic N) is 2. The van der Waals surface area contributed by atoms with Crippen LogP contribution in [0.5, 0.6) is 11.5 Å². The Balaban J connectivity index is 1.57. The number of aryl methyl sites for hydroxylation is 2. The van der Waals surface area contributed by atoms with E-state index in [4.69, 9.17) is 13.9 Å². The molecule has 3 aromatic rings. The monoisotopic (exact) mass is 506 g/mol. The van der Waals surface area contributed by atoms with Gasteiger partial charge in [-0.25, -0.2) is 0 Å². The van der Waals surface area contributed by atoms with Crippen LogP contribution in [0.1, 0.15) is 96.1 Å². The molecule has 1 aromatic heterocycles. The predicted octanol–water partition coefficient (Wildman–Crippen LogP) is 9.35. The van der Waals surface area contributed by atoms with Crippen molar-refractivity contribution in [3.8, 4) is 34.4 Å². The lowest BCUT2D eigenvalue weighted by molar-refractivity contribution is 0.233. The fourth-order valence-electron chi connectivity index (χ4n) is 4.49. The van der Waals surface area contributed by atoms with Crippen LogP contribution >= 0.6 is 0 Å². The normalized spacial score (nSPS) is 12.0. The van der Waals surface area contributed by atoms with Gasteiger partial charge in [0.1, 0.15) is 11.5 Å². The van der Waals surface area contributed by atoms with E-state index in [-0.39, 0.29) is 0 Å². The molecule has 0 radical (unpaired) electrons. The van der Waals surface area contributed by atoms with E-state index < -0.39 is 0 Å². The van der Waals surface area contributed by atoms with Crippen LogP contribution in [0.15, 0.2) is 40.8 Å². The van der Waals surface area contributed by atoms with Crippen molar-refractivity contribution in [2.75, 3.05) is 13.2 Å². The molecule has 1 heterocycles. The fraction of sp³-hybridized carbons (Fsp3) is 0.562. The van der Waals surface area contributed by atoms with Gasteiger partial charge in [0, 0.05) is 11.1 Å². The van der Waals surface area contributed by atoms with E-state index in [1.165, 1.54) is 51.4 Å². The van der Waals surface area contributed by atoms with Gasteiger partial charge in [0.15, 0.2) is 0 Å². The van der Waals surface area contributed by atoms with Crippen molar-refractivity contribution in [1.29, 1.82) is 0 Å². The lowest BCUT2D eigenvalue weighted by Gasteiger charge is -2.15. The average molecular weight is 507 g/mol. The van der Waals surface area contributed by atoms with Crippen LogP contribution in [0.3, 0.4) is 0 Å². The minimum atomic E-state index is 0.511. The number of hydrogen-bond acceptors (Lipinski definition) is 5. The first-order valence-electron chi connectivity index (χ1n) is 14.4. The second-order valence-corrected chi connectivity index (χ2v) is 10.2. The highest BCUT2D eigenvalue weighted by atomic mass is 16.5. The molecule has 37 heavy (non-hydrogen) atoms. The Labute approximate surface area is 224 Å². The van der Waals surface area contributed by atoms with Crippen LogP contribution in [0.4, 0.5) is 0 Å². The molecule has 5 nitrogen and oxygen atoms in total. The molecule has 0 amide bonds. The third-order valence-electron chi connectivity index (χ3n) is 7.06. The highest BCUT2D eigenvalue weighted by Crippen LogP contribution is 2.32. The van der Waals surface area contributed by atoms with Crippen molar-refractivity contribution < 1.29 is 13.9 Å². The molecule has 0 saturated heterocycles. The van der Waals surface area contributed by atoms with E-state index in [0.717, 1.165) is 59.8 Å². The highest BCUT2D eigenvalue weighted by Gasteiger charge is 2.15. The number of ether oxygens (including phenoxy) is 2. The standard InChI is InChI=1S/C32H46N2O3/c1-6-9-11-12-13-14-20-35-30-22-24(4)29(21-25(30)5)32-34-33-31(37-32)27-16-18-28(19-17-27)36-23-26(8-3)15-10-7-2/h16-19,21-22,26H,6-15,20,23H2,1-5H3/t26-/m1/s1. The maximum Gasteiger partial charge on any atom is 0.248 e. The van der Waals surface area contributed by atoms with Gasteiger partial charge < -0.3 is 13.9 Å². The Kier molecular flexibility index (Phi) is 12.0. The van der Waals surface area contributed by atoms with Gasteiger partial charge >= 0.3 is 0 Å². The number of aromatic nitrogens is 2. The summed E-state index contributed by atoms with van der Waals surface area (Å²) < 4.78 is 18.2. The second kappa shape index (κ2) is 15.4. The van der Waals surface area contributed by atoms with Crippen LogP contribution < -0.4 is 9.47 Å². The van der Waals surface area contributed by atoms with Crippen molar-refractivity contribution in [3.05, 3.63) is 47.5 Å². The minimum Gasteiger partial charge on any atom is -0.493 e. The summed E-state index contributed by atoms with van der Waals surface area (Å²) >= 11 is 0. The number of hydrogen-bond donors (Lipinski definition) is 0. The maximum atomic E-state index is 6.08. The first kappa shape index (κ1) is 28.7. The molecule has 0 aliphatic carbocycles. The zero-order chi connectivity index (χ0) is 26.5. The Morgan fingerprint density at radius 2 is 1.46 bits per heavy atom. The van der Waals surface area contributed by atoms with Crippen molar-refractivity contribution in [1.82, 2.24) is 10.2 Å². The second-order valence-electron chi connectivity index (χ2n) is 10.2. The van der Waals surface area contributed by atoms with Crippen molar-refractivity contribution in [2.45, 2.75) is 98.8 Å². The summed E-state index contributed by atoms with van der Waals surface area (Å²) in [7, 11) is 0. The highest BCUT2D eigenvalue weighted by molar-refractivity contribution is 5.64. The molecule has 0 fully saturated rings. The minimum absolute atomic E-state index is 0.511. The van der Waals surface area contributed by atoms with E-state index in [1.54, 1.807) is 0 Å². The lowest BCUT2D eigenvalue weighted by Crippen LogP contribution is -2.11. The van der Waals surface area contributed by atoms with E-state index >= 15 is 0 Å². The number of unbranched alkanes of at least 4 members (excludes halogenated alkanes) is 6. The Hall–Kier alpha value is -2.82. The number of rotatable bonds is 17. The van der Waals surface area contributed by atoms with Crippen molar-refractivity contribution in [3.63, 3.8) is 0 Å². The summed E-state index contributed by atoms with van der Waals surface area (Å²) in [6.07, 6.45) is 12.4. The van der Waals surface area contributed by atoms with Crippen LogP contribution in [-0.4, -0.2) is 23.4 Å². The first-order valence-corrected chi connectivity index (χ1v) is 14.4. The van der Waals surface area contributed by atoms with Gasteiger partial charge in [0.2, 0.25) is 11.8 Å². The largest absolute Gasteiger partial charge is 0.493 e. The van der Waals surface area contributed by atoms with Crippen molar-refractivity contribution >= 4 is 0 Å². The number of benzene rings is 2. The summed E-state index contributed by atoms with van der Waals surface area (Å²) in [6.45, 7) is 12.4.